The lowest BCUT2D eigenvalue weighted by Gasteiger charge is -2.37. The normalized spacial score (nSPS) is 19.9. The number of para-hydroxylation sites is 1. The van der Waals surface area contributed by atoms with E-state index in [0.29, 0.717) is 44.8 Å². The van der Waals surface area contributed by atoms with Crippen molar-refractivity contribution in [2.45, 2.75) is 44.8 Å². The summed E-state index contributed by atoms with van der Waals surface area (Å²) in [6, 6.07) is 7.59. The van der Waals surface area contributed by atoms with Crippen LogP contribution in [-0.4, -0.2) is 48.8 Å². The lowest BCUT2D eigenvalue weighted by atomic mass is 9.86. The van der Waals surface area contributed by atoms with Crippen LogP contribution in [0, 0.1) is 0 Å². The Morgan fingerprint density at radius 2 is 1.68 bits per heavy atom. The molecular formula is C19H26N2O4. The highest BCUT2D eigenvalue weighted by Gasteiger charge is 2.41. The number of benzene rings is 1. The topological polar surface area (TPSA) is 67.9 Å². The molecule has 1 spiro atoms. The fourth-order valence-electron chi connectivity index (χ4n) is 3.40. The fraction of sp³-hybridized carbons (Fsp3) is 0.579. The van der Waals surface area contributed by atoms with Gasteiger partial charge in [-0.1, -0.05) is 39.0 Å². The minimum absolute atomic E-state index is 0.123. The van der Waals surface area contributed by atoms with Gasteiger partial charge < -0.3 is 19.7 Å². The van der Waals surface area contributed by atoms with E-state index in [1.54, 1.807) is 4.90 Å². The van der Waals surface area contributed by atoms with Crippen LogP contribution >= 0.6 is 0 Å². The van der Waals surface area contributed by atoms with Crippen LogP contribution in [0.15, 0.2) is 24.3 Å². The minimum atomic E-state index is -0.596. The van der Waals surface area contributed by atoms with Crippen molar-refractivity contribution < 1.29 is 19.1 Å². The van der Waals surface area contributed by atoms with E-state index in [-0.39, 0.29) is 5.41 Å². The Balaban J connectivity index is 1.63. The lowest BCUT2D eigenvalue weighted by molar-refractivity contribution is -0.187. The number of hydrogen-bond donors (Lipinski definition) is 1. The average molecular weight is 346 g/mol. The summed E-state index contributed by atoms with van der Waals surface area (Å²) in [6.07, 6.45) is 1.20. The molecule has 1 aromatic carbocycles. The molecule has 6 heteroatoms. The smallest absolute Gasteiger partial charge is 0.313 e. The molecule has 2 saturated heterocycles. The Hall–Kier alpha value is -1.92. The molecule has 2 amide bonds. The number of carbonyl (C=O) groups is 2. The quantitative estimate of drug-likeness (QED) is 0.792. The maximum atomic E-state index is 12.5. The van der Waals surface area contributed by atoms with E-state index >= 15 is 0 Å². The highest BCUT2D eigenvalue weighted by atomic mass is 16.7. The van der Waals surface area contributed by atoms with Gasteiger partial charge in [0.15, 0.2) is 5.79 Å². The van der Waals surface area contributed by atoms with E-state index in [2.05, 4.69) is 26.1 Å². The van der Waals surface area contributed by atoms with Crippen LogP contribution in [0.25, 0.3) is 0 Å². The summed E-state index contributed by atoms with van der Waals surface area (Å²) in [4.78, 5) is 26.5. The van der Waals surface area contributed by atoms with Crippen LogP contribution in [0.3, 0.4) is 0 Å². The summed E-state index contributed by atoms with van der Waals surface area (Å²) in [7, 11) is 0. The van der Waals surface area contributed by atoms with Gasteiger partial charge in [0.25, 0.3) is 0 Å². The maximum Gasteiger partial charge on any atom is 0.313 e. The lowest BCUT2D eigenvalue weighted by Crippen LogP contribution is -2.50. The predicted octanol–water partition coefficient (Wildman–Crippen LogP) is 2.29. The van der Waals surface area contributed by atoms with Crippen LogP contribution in [-0.2, 0) is 24.5 Å². The zero-order valence-corrected chi connectivity index (χ0v) is 15.1. The van der Waals surface area contributed by atoms with Gasteiger partial charge in [-0.25, -0.2) is 0 Å². The maximum absolute atomic E-state index is 12.5. The van der Waals surface area contributed by atoms with Crippen molar-refractivity contribution in [2.75, 3.05) is 31.6 Å². The first-order valence-corrected chi connectivity index (χ1v) is 8.78. The molecule has 0 unspecified atom stereocenters. The Bertz CT molecular complexity index is 650. The molecule has 2 heterocycles. The average Bonchev–Trinajstić information content (AvgIpc) is 3.02. The molecule has 136 valence electrons. The molecule has 0 aromatic heterocycles. The number of rotatable bonds is 1. The number of ether oxygens (including phenoxy) is 2. The van der Waals surface area contributed by atoms with Crippen molar-refractivity contribution in [3.05, 3.63) is 29.8 Å². The highest BCUT2D eigenvalue weighted by Crippen LogP contribution is 2.32. The number of amides is 2. The van der Waals surface area contributed by atoms with Gasteiger partial charge in [0.2, 0.25) is 0 Å². The van der Waals surface area contributed by atoms with Crippen molar-refractivity contribution in [1.29, 1.82) is 0 Å². The Morgan fingerprint density at radius 1 is 1.08 bits per heavy atom. The number of nitrogens with one attached hydrogen (secondary N) is 1. The molecule has 0 bridgehead atoms. The van der Waals surface area contributed by atoms with Crippen LogP contribution in [0.4, 0.5) is 5.69 Å². The zero-order valence-electron chi connectivity index (χ0n) is 15.1. The van der Waals surface area contributed by atoms with E-state index < -0.39 is 17.6 Å². The van der Waals surface area contributed by atoms with E-state index in [0.717, 1.165) is 5.56 Å². The number of likely N-dealkylation sites (tertiary alicyclic amines) is 1. The molecule has 0 saturated carbocycles. The minimum Gasteiger partial charge on any atom is -0.347 e. The van der Waals surface area contributed by atoms with E-state index in [1.165, 1.54) is 0 Å². The number of piperidine rings is 1. The van der Waals surface area contributed by atoms with Crippen LogP contribution in [0.1, 0.15) is 39.2 Å². The number of anilines is 1. The van der Waals surface area contributed by atoms with Gasteiger partial charge in [-0.3, -0.25) is 9.59 Å². The van der Waals surface area contributed by atoms with Gasteiger partial charge in [0.1, 0.15) is 0 Å². The number of hydrogen-bond acceptors (Lipinski definition) is 4. The summed E-state index contributed by atoms with van der Waals surface area (Å²) in [5.74, 6) is -1.65. The summed E-state index contributed by atoms with van der Waals surface area (Å²) in [6.45, 7) is 8.35. The molecule has 0 atom stereocenters. The highest BCUT2D eigenvalue weighted by molar-refractivity contribution is 6.39. The van der Waals surface area contributed by atoms with Crippen LogP contribution in [0.5, 0.6) is 0 Å². The van der Waals surface area contributed by atoms with Gasteiger partial charge in [0.05, 0.1) is 13.2 Å². The second kappa shape index (κ2) is 6.77. The van der Waals surface area contributed by atoms with Gasteiger partial charge in [-0.05, 0) is 17.0 Å². The Morgan fingerprint density at radius 3 is 2.28 bits per heavy atom. The van der Waals surface area contributed by atoms with Gasteiger partial charge in [-0.2, -0.15) is 0 Å². The standard InChI is InChI=1S/C19H26N2O4/c1-18(2,3)14-6-4-5-7-15(14)20-16(22)17(23)21-10-8-19(9-11-21)24-12-13-25-19/h4-7H,8-13H2,1-3H3,(H,20,22). The molecule has 25 heavy (non-hydrogen) atoms. The summed E-state index contributed by atoms with van der Waals surface area (Å²) in [5.41, 5.74) is 1.56. The van der Waals surface area contributed by atoms with Crippen LogP contribution < -0.4 is 5.32 Å². The summed E-state index contributed by atoms with van der Waals surface area (Å²) < 4.78 is 11.3. The number of nitrogens with zero attached hydrogens (tertiary/aromatic N) is 1. The third-order valence-electron chi connectivity index (χ3n) is 4.80. The summed E-state index contributed by atoms with van der Waals surface area (Å²) in [5, 5.41) is 2.78. The fourth-order valence-corrected chi connectivity index (χ4v) is 3.40. The molecule has 6 nitrogen and oxygen atoms in total. The third-order valence-corrected chi connectivity index (χ3v) is 4.80. The van der Waals surface area contributed by atoms with Crippen molar-refractivity contribution in [3.8, 4) is 0 Å². The van der Waals surface area contributed by atoms with E-state index in [4.69, 9.17) is 9.47 Å². The SMILES string of the molecule is CC(C)(C)c1ccccc1NC(=O)C(=O)N1CCC2(CC1)OCCO2. The molecule has 2 aliphatic rings. The molecule has 2 aliphatic heterocycles. The first-order chi connectivity index (χ1) is 11.8. The van der Waals surface area contributed by atoms with Crippen molar-refractivity contribution in [2.24, 2.45) is 0 Å². The first-order valence-electron chi connectivity index (χ1n) is 8.78. The molecule has 1 aromatic rings. The largest absolute Gasteiger partial charge is 0.347 e. The van der Waals surface area contributed by atoms with Gasteiger partial charge >= 0.3 is 11.8 Å². The molecular weight excluding hydrogens is 320 g/mol. The van der Waals surface area contributed by atoms with E-state index in [1.807, 2.05) is 24.3 Å². The number of carbonyl (C=O) groups excluding carboxylic acids is 2. The predicted molar refractivity (Wildman–Crippen MR) is 94.2 cm³/mol. The van der Waals surface area contributed by atoms with Crippen molar-refractivity contribution >= 4 is 17.5 Å². The van der Waals surface area contributed by atoms with Gasteiger partial charge in [-0.15, -0.1) is 0 Å². The zero-order chi connectivity index (χ0) is 18.1. The second-order valence-corrected chi connectivity index (χ2v) is 7.65. The molecule has 3 rings (SSSR count). The molecule has 0 radical (unpaired) electrons. The van der Waals surface area contributed by atoms with Crippen LogP contribution in [0.2, 0.25) is 0 Å². The molecule has 1 N–H and O–H groups in total. The molecule has 0 aliphatic carbocycles. The first kappa shape index (κ1) is 17.9. The van der Waals surface area contributed by atoms with Gasteiger partial charge in [0, 0.05) is 31.6 Å². The monoisotopic (exact) mass is 346 g/mol. The third kappa shape index (κ3) is 3.85. The molecule has 2 fully saturated rings. The second-order valence-electron chi connectivity index (χ2n) is 7.65. The van der Waals surface area contributed by atoms with Crippen molar-refractivity contribution in [3.63, 3.8) is 0 Å². The summed E-state index contributed by atoms with van der Waals surface area (Å²) >= 11 is 0. The van der Waals surface area contributed by atoms with E-state index in [9.17, 15) is 9.59 Å². The Kier molecular flexibility index (Phi) is 4.84. The van der Waals surface area contributed by atoms with Crippen molar-refractivity contribution in [1.82, 2.24) is 4.90 Å². The Labute approximate surface area is 148 Å².